The van der Waals surface area contributed by atoms with Gasteiger partial charge in [-0.25, -0.2) is 4.98 Å². The van der Waals surface area contributed by atoms with E-state index in [2.05, 4.69) is 31.5 Å². The Balaban J connectivity index is 2.08. The highest BCUT2D eigenvalue weighted by Crippen LogP contribution is 2.19. The number of amides is 1. The molecule has 1 aromatic rings. The lowest BCUT2D eigenvalue weighted by atomic mass is 10.1. The molecule has 2 atom stereocenters. The van der Waals surface area contributed by atoms with E-state index < -0.39 is 0 Å². The normalized spacial score (nSPS) is 20.1. The van der Waals surface area contributed by atoms with Crippen LogP contribution in [-0.2, 0) is 4.74 Å². The molecule has 1 fully saturated rings. The minimum absolute atomic E-state index is 0.00122. The number of nitrogens with one attached hydrogen (secondary N) is 2. The van der Waals surface area contributed by atoms with Crippen molar-refractivity contribution in [3.8, 4) is 0 Å². The number of ether oxygens (including phenoxy) is 1. The van der Waals surface area contributed by atoms with Gasteiger partial charge in [-0.1, -0.05) is 0 Å². The highest BCUT2D eigenvalue weighted by molar-refractivity contribution is 9.10. The van der Waals surface area contributed by atoms with Gasteiger partial charge in [0.1, 0.15) is 5.82 Å². The van der Waals surface area contributed by atoms with Crippen molar-refractivity contribution in [2.45, 2.75) is 31.9 Å². The SMILES string of the molecule is CNc1ncc(Br)cc1C(=O)NC(C)C1CCCO1. The van der Waals surface area contributed by atoms with Gasteiger partial charge in [0.2, 0.25) is 0 Å². The predicted octanol–water partition coefficient (Wildman–Crippen LogP) is 2.18. The van der Waals surface area contributed by atoms with Gasteiger partial charge in [0.15, 0.2) is 0 Å². The summed E-state index contributed by atoms with van der Waals surface area (Å²) in [5.41, 5.74) is 0.529. The van der Waals surface area contributed by atoms with Gasteiger partial charge in [-0.2, -0.15) is 0 Å². The van der Waals surface area contributed by atoms with Gasteiger partial charge in [0, 0.05) is 24.3 Å². The number of nitrogens with zero attached hydrogens (tertiary/aromatic N) is 1. The maximum absolute atomic E-state index is 12.3. The van der Waals surface area contributed by atoms with Crippen molar-refractivity contribution in [1.82, 2.24) is 10.3 Å². The van der Waals surface area contributed by atoms with Crippen LogP contribution in [0.25, 0.3) is 0 Å². The van der Waals surface area contributed by atoms with Crippen molar-refractivity contribution in [2.24, 2.45) is 0 Å². The first-order valence-corrected chi connectivity index (χ1v) is 7.17. The second-order valence-electron chi connectivity index (χ2n) is 4.61. The summed E-state index contributed by atoms with van der Waals surface area (Å²) in [5.74, 6) is 0.432. The third-order valence-electron chi connectivity index (χ3n) is 3.22. The molecule has 0 saturated carbocycles. The highest BCUT2D eigenvalue weighted by atomic mass is 79.9. The topological polar surface area (TPSA) is 63.2 Å². The van der Waals surface area contributed by atoms with E-state index in [4.69, 9.17) is 4.74 Å². The zero-order chi connectivity index (χ0) is 13.8. The van der Waals surface area contributed by atoms with Gasteiger partial charge < -0.3 is 15.4 Å². The first-order valence-electron chi connectivity index (χ1n) is 6.37. The number of carbonyl (C=O) groups excluding carboxylic acids is 1. The fourth-order valence-corrected chi connectivity index (χ4v) is 2.52. The zero-order valence-corrected chi connectivity index (χ0v) is 12.7. The van der Waals surface area contributed by atoms with E-state index in [9.17, 15) is 4.79 Å². The van der Waals surface area contributed by atoms with Crippen LogP contribution in [-0.4, -0.2) is 36.7 Å². The van der Waals surface area contributed by atoms with Crippen LogP contribution < -0.4 is 10.6 Å². The summed E-state index contributed by atoms with van der Waals surface area (Å²) in [5, 5.41) is 5.90. The van der Waals surface area contributed by atoms with E-state index in [-0.39, 0.29) is 18.1 Å². The Kier molecular flexibility index (Phi) is 4.76. The largest absolute Gasteiger partial charge is 0.376 e. The van der Waals surface area contributed by atoms with E-state index >= 15 is 0 Å². The number of hydrogen-bond donors (Lipinski definition) is 2. The summed E-state index contributed by atoms with van der Waals surface area (Å²) in [7, 11) is 1.75. The Morgan fingerprint density at radius 1 is 1.63 bits per heavy atom. The second-order valence-corrected chi connectivity index (χ2v) is 5.53. The third kappa shape index (κ3) is 3.45. The summed E-state index contributed by atoms with van der Waals surface area (Å²) in [6.07, 6.45) is 3.83. The lowest BCUT2D eigenvalue weighted by Gasteiger charge is -2.20. The minimum Gasteiger partial charge on any atom is -0.376 e. The van der Waals surface area contributed by atoms with E-state index in [0.29, 0.717) is 11.4 Å². The number of rotatable bonds is 4. The molecule has 6 heteroatoms. The second kappa shape index (κ2) is 6.34. The minimum atomic E-state index is -0.138. The Morgan fingerprint density at radius 2 is 2.42 bits per heavy atom. The molecule has 2 unspecified atom stereocenters. The lowest BCUT2D eigenvalue weighted by molar-refractivity contribution is 0.0712. The molecule has 2 N–H and O–H groups in total. The zero-order valence-electron chi connectivity index (χ0n) is 11.1. The Bertz CT molecular complexity index is 461. The van der Waals surface area contributed by atoms with Crippen LogP contribution in [0.2, 0.25) is 0 Å². The van der Waals surface area contributed by atoms with Crippen molar-refractivity contribution in [2.75, 3.05) is 19.0 Å². The van der Waals surface area contributed by atoms with Crippen molar-refractivity contribution in [1.29, 1.82) is 0 Å². The first kappa shape index (κ1) is 14.3. The number of halogens is 1. The molecule has 0 aromatic carbocycles. The molecule has 0 aliphatic carbocycles. The van der Waals surface area contributed by atoms with Gasteiger partial charge in [-0.15, -0.1) is 0 Å². The summed E-state index contributed by atoms with van der Waals surface area (Å²) in [6.45, 7) is 2.75. The maximum atomic E-state index is 12.3. The van der Waals surface area contributed by atoms with Gasteiger partial charge in [0.05, 0.1) is 17.7 Å². The van der Waals surface area contributed by atoms with Crippen LogP contribution in [0.15, 0.2) is 16.7 Å². The van der Waals surface area contributed by atoms with Crippen LogP contribution in [0.4, 0.5) is 5.82 Å². The van der Waals surface area contributed by atoms with Crippen molar-refractivity contribution < 1.29 is 9.53 Å². The molecular formula is C13H18BrN3O2. The quantitative estimate of drug-likeness (QED) is 0.889. The maximum Gasteiger partial charge on any atom is 0.255 e. The molecule has 1 aromatic heterocycles. The van der Waals surface area contributed by atoms with E-state index in [1.54, 1.807) is 19.3 Å². The molecule has 1 aliphatic heterocycles. The molecule has 0 bridgehead atoms. The fraction of sp³-hybridized carbons (Fsp3) is 0.538. The molecule has 1 aliphatic rings. The molecule has 2 heterocycles. The number of carbonyl (C=O) groups is 1. The smallest absolute Gasteiger partial charge is 0.255 e. The van der Waals surface area contributed by atoms with E-state index in [1.807, 2.05) is 6.92 Å². The van der Waals surface area contributed by atoms with Gasteiger partial charge in [-0.05, 0) is 41.8 Å². The predicted molar refractivity (Wildman–Crippen MR) is 77.4 cm³/mol. The molecule has 5 nitrogen and oxygen atoms in total. The molecule has 19 heavy (non-hydrogen) atoms. The monoisotopic (exact) mass is 327 g/mol. The third-order valence-corrected chi connectivity index (χ3v) is 3.65. The van der Waals surface area contributed by atoms with Crippen molar-refractivity contribution in [3.05, 3.63) is 22.3 Å². The van der Waals surface area contributed by atoms with Gasteiger partial charge in [-0.3, -0.25) is 4.79 Å². The van der Waals surface area contributed by atoms with Crippen LogP contribution in [0.5, 0.6) is 0 Å². The molecule has 1 amide bonds. The number of pyridine rings is 1. The average Bonchev–Trinajstić information content (AvgIpc) is 2.92. The van der Waals surface area contributed by atoms with E-state index in [1.165, 1.54) is 0 Å². The summed E-state index contributed by atoms with van der Waals surface area (Å²) < 4.78 is 6.36. The van der Waals surface area contributed by atoms with Crippen LogP contribution in [0.1, 0.15) is 30.1 Å². The Hall–Kier alpha value is -1.14. The van der Waals surface area contributed by atoms with Crippen LogP contribution in [0, 0.1) is 0 Å². The molecule has 0 spiro atoms. The van der Waals surface area contributed by atoms with Crippen molar-refractivity contribution >= 4 is 27.7 Å². The lowest BCUT2D eigenvalue weighted by Crippen LogP contribution is -2.41. The standard InChI is InChI=1S/C13H18BrN3O2/c1-8(11-4-3-5-19-11)17-13(18)10-6-9(14)7-16-12(10)15-2/h6-8,11H,3-5H2,1-2H3,(H,15,16)(H,17,18). The number of hydrogen-bond acceptors (Lipinski definition) is 4. The Morgan fingerprint density at radius 3 is 3.05 bits per heavy atom. The summed E-state index contributed by atoms with van der Waals surface area (Å²) >= 11 is 3.33. The molecule has 104 valence electrons. The molecular weight excluding hydrogens is 310 g/mol. The van der Waals surface area contributed by atoms with E-state index in [0.717, 1.165) is 23.9 Å². The molecule has 1 saturated heterocycles. The summed E-state index contributed by atoms with van der Waals surface area (Å²) in [4.78, 5) is 16.4. The molecule has 2 rings (SSSR count). The first-order chi connectivity index (χ1) is 9.11. The van der Waals surface area contributed by atoms with Crippen LogP contribution >= 0.6 is 15.9 Å². The number of anilines is 1. The highest BCUT2D eigenvalue weighted by Gasteiger charge is 2.24. The number of aromatic nitrogens is 1. The summed E-state index contributed by atoms with van der Waals surface area (Å²) in [6, 6.07) is 1.76. The molecule has 0 radical (unpaired) electrons. The van der Waals surface area contributed by atoms with Crippen LogP contribution in [0.3, 0.4) is 0 Å². The fourth-order valence-electron chi connectivity index (χ4n) is 2.19. The average molecular weight is 328 g/mol. The Labute approximate surface area is 121 Å². The van der Waals surface area contributed by atoms with Gasteiger partial charge in [0.25, 0.3) is 5.91 Å². The van der Waals surface area contributed by atoms with Crippen molar-refractivity contribution in [3.63, 3.8) is 0 Å². The van der Waals surface area contributed by atoms with Gasteiger partial charge >= 0.3 is 0 Å².